The molecule has 116 valence electrons. The molecule has 2 rings (SSSR count). The molecule has 0 radical (unpaired) electrons. The van der Waals surface area contributed by atoms with Crippen molar-refractivity contribution in [3.63, 3.8) is 0 Å². The summed E-state index contributed by atoms with van der Waals surface area (Å²) in [6, 6.07) is 9.68. The van der Waals surface area contributed by atoms with Gasteiger partial charge in [0.15, 0.2) is 0 Å². The summed E-state index contributed by atoms with van der Waals surface area (Å²) in [6.45, 7) is 1.29. The maximum atomic E-state index is 13.4. The first kappa shape index (κ1) is 15.7. The van der Waals surface area contributed by atoms with Crippen molar-refractivity contribution in [1.82, 2.24) is 4.98 Å². The molecule has 0 unspecified atom stereocenters. The quantitative estimate of drug-likeness (QED) is 0.443. The van der Waals surface area contributed by atoms with Gasteiger partial charge in [-0.1, -0.05) is 12.1 Å². The van der Waals surface area contributed by atoms with Crippen LogP contribution in [0.2, 0.25) is 0 Å². The van der Waals surface area contributed by atoms with Crippen LogP contribution in [0.25, 0.3) is 0 Å². The van der Waals surface area contributed by atoms with Crippen LogP contribution >= 0.6 is 0 Å². The second-order valence-electron chi connectivity index (χ2n) is 4.67. The number of para-hydroxylation sites is 1. The van der Waals surface area contributed by atoms with Crippen LogP contribution in [0.3, 0.4) is 0 Å². The Balaban J connectivity index is 1.73. The van der Waals surface area contributed by atoms with Gasteiger partial charge in [0, 0.05) is 19.3 Å². The molecule has 1 aromatic heterocycles. The summed E-state index contributed by atoms with van der Waals surface area (Å²) in [6.07, 6.45) is 3.38. The first-order valence-electron chi connectivity index (χ1n) is 7.00. The summed E-state index contributed by atoms with van der Waals surface area (Å²) in [5, 5.41) is 16.9. The molecule has 0 saturated carbocycles. The molecule has 1 heterocycles. The van der Waals surface area contributed by atoms with E-state index in [2.05, 4.69) is 15.6 Å². The highest BCUT2D eigenvalue weighted by Crippen LogP contribution is 2.27. The highest BCUT2D eigenvalue weighted by molar-refractivity contribution is 5.61. The summed E-state index contributed by atoms with van der Waals surface area (Å²) in [5.74, 6) is -0.0111. The molecule has 0 aliphatic heterocycles. The predicted molar refractivity (Wildman–Crippen MR) is 83.5 cm³/mol. The number of benzene rings is 1. The SMILES string of the molecule is O=[N+]([O-])c1c(F)cccc1NCCCCNc1ccccn1. The van der Waals surface area contributed by atoms with Gasteiger partial charge in [0.25, 0.3) is 0 Å². The van der Waals surface area contributed by atoms with Crippen molar-refractivity contribution in [3.8, 4) is 0 Å². The Labute approximate surface area is 127 Å². The van der Waals surface area contributed by atoms with Crippen LogP contribution in [-0.4, -0.2) is 23.0 Å². The summed E-state index contributed by atoms with van der Waals surface area (Å²) < 4.78 is 13.4. The number of rotatable bonds is 8. The Morgan fingerprint density at radius 1 is 1.09 bits per heavy atom. The lowest BCUT2D eigenvalue weighted by molar-refractivity contribution is -0.386. The van der Waals surface area contributed by atoms with Gasteiger partial charge in [0.05, 0.1) is 4.92 Å². The number of hydrogen-bond acceptors (Lipinski definition) is 5. The van der Waals surface area contributed by atoms with Gasteiger partial charge in [0.1, 0.15) is 11.5 Å². The third kappa shape index (κ3) is 4.41. The maximum Gasteiger partial charge on any atom is 0.327 e. The number of halogens is 1. The standard InChI is InChI=1S/C15H17FN4O2/c16-12-6-5-7-13(15(12)20(21)22)17-9-3-4-11-19-14-8-1-2-10-18-14/h1-2,5-8,10,17H,3-4,9,11H2,(H,18,19). The average molecular weight is 304 g/mol. The highest BCUT2D eigenvalue weighted by Gasteiger charge is 2.18. The molecule has 0 atom stereocenters. The van der Waals surface area contributed by atoms with Crippen molar-refractivity contribution >= 4 is 17.2 Å². The van der Waals surface area contributed by atoms with Crippen LogP contribution in [0, 0.1) is 15.9 Å². The Kier molecular flexibility index (Phi) is 5.65. The van der Waals surface area contributed by atoms with Crippen molar-refractivity contribution in [1.29, 1.82) is 0 Å². The summed E-state index contributed by atoms with van der Waals surface area (Å²) >= 11 is 0. The second kappa shape index (κ2) is 7.92. The fourth-order valence-electron chi connectivity index (χ4n) is 2.00. The molecule has 0 spiro atoms. The molecule has 0 aliphatic carbocycles. The lowest BCUT2D eigenvalue weighted by atomic mass is 10.2. The van der Waals surface area contributed by atoms with E-state index in [0.29, 0.717) is 6.54 Å². The van der Waals surface area contributed by atoms with Crippen LogP contribution in [0.15, 0.2) is 42.6 Å². The van der Waals surface area contributed by atoms with E-state index in [9.17, 15) is 14.5 Å². The molecule has 0 fully saturated rings. The number of nitrogens with one attached hydrogen (secondary N) is 2. The van der Waals surface area contributed by atoms with Crippen LogP contribution in [0.4, 0.5) is 21.6 Å². The van der Waals surface area contributed by atoms with Gasteiger partial charge in [-0.05, 0) is 37.1 Å². The van der Waals surface area contributed by atoms with E-state index in [-0.39, 0.29) is 5.69 Å². The molecular formula is C15H17FN4O2. The van der Waals surface area contributed by atoms with E-state index in [4.69, 9.17) is 0 Å². The average Bonchev–Trinajstić information content (AvgIpc) is 2.51. The molecule has 0 amide bonds. The molecule has 22 heavy (non-hydrogen) atoms. The zero-order chi connectivity index (χ0) is 15.8. The normalized spacial score (nSPS) is 10.2. The van der Waals surface area contributed by atoms with Gasteiger partial charge in [-0.15, -0.1) is 0 Å². The third-order valence-electron chi connectivity index (χ3n) is 3.06. The molecule has 0 saturated heterocycles. The zero-order valence-electron chi connectivity index (χ0n) is 12.0. The van der Waals surface area contributed by atoms with E-state index in [1.54, 1.807) is 6.20 Å². The minimum Gasteiger partial charge on any atom is -0.379 e. The minimum atomic E-state index is -0.827. The Bertz CT molecular complexity index is 622. The first-order chi connectivity index (χ1) is 10.7. The molecule has 0 aliphatic rings. The monoisotopic (exact) mass is 304 g/mol. The van der Waals surface area contributed by atoms with E-state index in [1.165, 1.54) is 12.1 Å². The fraction of sp³-hybridized carbons (Fsp3) is 0.267. The van der Waals surface area contributed by atoms with E-state index >= 15 is 0 Å². The van der Waals surface area contributed by atoms with E-state index in [0.717, 1.165) is 31.3 Å². The third-order valence-corrected chi connectivity index (χ3v) is 3.06. The van der Waals surface area contributed by atoms with Crippen LogP contribution < -0.4 is 10.6 Å². The second-order valence-corrected chi connectivity index (χ2v) is 4.67. The molecule has 6 nitrogen and oxygen atoms in total. The smallest absolute Gasteiger partial charge is 0.327 e. The zero-order valence-corrected chi connectivity index (χ0v) is 12.0. The number of nitro benzene ring substituents is 1. The molecule has 7 heteroatoms. The summed E-state index contributed by atoms with van der Waals surface area (Å²) in [5.41, 5.74) is -0.295. The summed E-state index contributed by atoms with van der Waals surface area (Å²) in [4.78, 5) is 14.3. The van der Waals surface area contributed by atoms with Gasteiger partial charge in [-0.3, -0.25) is 10.1 Å². The van der Waals surface area contributed by atoms with Crippen molar-refractivity contribution in [2.45, 2.75) is 12.8 Å². The van der Waals surface area contributed by atoms with Gasteiger partial charge < -0.3 is 10.6 Å². The lowest BCUT2D eigenvalue weighted by Gasteiger charge is -2.08. The van der Waals surface area contributed by atoms with Crippen LogP contribution in [0.5, 0.6) is 0 Å². The molecule has 2 aromatic rings. The molecule has 1 aromatic carbocycles. The fourth-order valence-corrected chi connectivity index (χ4v) is 2.00. The Hall–Kier alpha value is -2.70. The Morgan fingerprint density at radius 3 is 2.55 bits per heavy atom. The van der Waals surface area contributed by atoms with Crippen molar-refractivity contribution < 1.29 is 9.31 Å². The number of unbranched alkanes of at least 4 members (excludes halogenated alkanes) is 1. The number of nitrogens with zero attached hydrogens (tertiary/aromatic N) is 2. The van der Waals surface area contributed by atoms with E-state index in [1.807, 2.05) is 18.2 Å². The van der Waals surface area contributed by atoms with Crippen molar-refractivity contribution in [3.05, 3.63) is 58.5 Å². The van der Waals surface area contributed by atoms with Gasteiger partial charge >= 0.3 is 5.69 Å². The maximum absolute atomic E-state index is 13.4. The molecule has 2 N–H and O–H groups in total. The van der Waals surface area contributed by atoms with Gasteiger partial charge in [-0.25, -0.2) is 4.98 Å². The van der Waals surface area contributed by atoms with E-state index < -0.39 is 16.4 Å². The lowest BCUT2D eigenvalue weighted by Crippen LogP contribution is -2.08. The number of nitro groups is 1. The van der Waals surface area contributed by atoms with Crippen molar-refractivity contribution in [2.24, 2.45) is 0 Å². The van der Waals surface area contributed by atoms with Gasteiger partial charge in [0.2, 0.25) is 5.82 Å². The number of hydrogen-bond donors (Lipinski definition) is 2. The predicted octanol–water partition coefficient (Wildman–Crippen LogP) is 3.43. The molecule has 0 bridgehead atoms. The van der Waals surface area contributed by atoms with Gasteiger partial charge in [-0.2, -0.15) is 4.39 Å². The van der Waals surface area contributed by atoms with Crippen molar-refractivity contribution in [2.75, 3.05) is 23.7 Å². The van der Waals surface area contributed by atoms with Crippen LogP contribution in [0.1, 0.15) is 12.8 Å². The largest absolute Gasteiger partial charge is 0.379 e. The number of pyridine rings is 1. The number of aromatic nitrogens is 1. The minimum absolute atomic E-state index is 0.211. The highest BCUT2D eigenvalue weighted by atomic mass is 19.1. The molecular weight excluding hydrogens is 287 g/mol. The number of anilines is 2. The topological polar surface area (TPSA) is 80.1 Å². The Morgan fingerprint density at radius 2 is 1.86 bits per heavy atom. The summed E-state index contributed by atoms with van der Waals surface area (Å²) in [7, 11) is 0. The first-order valence-corrected chi connectivity index (χ1v) is 7.00. The van der Waals surface area contributed by atoms with Crippen LogP contribution in [-0.2, 0) is 0 Å².